The van der Waals surface area contributed by atoms with Crippen molar-refractivity contribution in [2.45, 2.75) is 52.2 Å². The SMILES string of the molecule is Cc1cccc(OC[C@H](O)C[NH+]2CCCC[C@H]2C)c1C. The van der Waals surface area contributed by atoms with Crippen molar-refractivity contribution < 1.29 is 14.7 Å². The maximum atomic E-state index is 10.2. The molecule has 1 aromatic carbocycles. The Hall–Kier alpha value is -1.06. The van der Waals surface area contributed by atoms with Crippen molar-refractivity contribution in [3.05, 3.63) is 29.3 Å². The first kappa shape index (κ1) is 15.3. The van der Waals surface area contributed by atoms with Gasteiger partial charge in [-0.05, 0) is 57.2 Å². The predicted octanol–water partition coefficient (Wildman–Crippen LogP) is 1.50. The molecule has 1 aliphatic heterocycles. The van der Waals surface area contributed by atoms with Gasteiger partial charge in [0.1, 0.15) is 25.0 Å². The number of hydrogen-bond donors (Lipinski definition) is 2. The minimum atomic E-state index is -0.384. The lowest BCUT2D eigenvalue weighted by Gasteiger charge is -2.31. The van der Waals surface area contributed by atoms with Gasteiger partial charge in [-0.1, -0.05) is 12.1 Å². The van der Waals surface area contributed by atoms with Gasteiger partial charge in [0.2, 0.25) is 0 Å². The zero-order valence-corrected chi connectivity index (χ0v) is 13.0. The van der Waals surface area contributed by atoms with Crippen molar-refractivity contribution in [3.8, 4) is 5.75 Å². The molecule has 0 spiro atoms. The summed E-state index contributed by atoms with van der Waals surface area (Å²) in [6, 6.07) is 6.73. The van der Waals surface area contributed by atoms with Gasteiger partial charge in [0.15, 0.2) is 0 Å². The number of rotatable bonds is 5. The molecule has 2 rings (SSSR count). The van der Waals surface area contributed by atoms with E-state index < -0.39 is 0 Å². The molecule has 1 heterocycles. The highest BCUT2D eigenvalue weighted by Gasteiger charge is 2.24. The van der Waals surface area contributed by atoms with Crippen LogP contribution in [0.15, 0.2) is 18.2 Å². The number of ether oxygens (including phenoxy) is 1. The average molecular weight is 278 g/mol. The highest BCUT2D eigenvalue weighted by Crippen LogP contribution is 2.20. The summed E-state index contributed by atoms with van der Waals surface area (Å²) in [5.74, 6) is 0.894. The van der Waals surface area contributed by atoms with Crippen LogP contribution in [0.2, 0.25) is 0 Å². The highest BCUT2D eigenvalue weighted by molar-refractivity contribution is 5.38. The van der Waals surface area contributed by atoms with Crippen LogP contribution in [0.1, 0.15) is 37.3 Å². The predicted molar refractivity (Wildman–Crippen MR) is 81.4 cm³/mol. The van der Waals surface area contributed by atoms with Crippen molar-refractivity contribution in [3.63, 3.8) is 0 Å². The van der Waals surface area contributed by atoms with Crippen LogP contribution in [0, 0.1) is 13.8 Å². The van der Waals surface area contributed by atoms with Gasteiger partial charge in [-0.25, -0.2) is 0 Å². The zero-order valence-electron chi connectivity index (χ0n) is 13.0. The smallest absolute Gasteiger partial charge is 0.137 e. The highest BCUT2D eigenvalue weighted by atomic mass is 16.5. The fourth-order valence-corrected chi connectivity index (χ4v) is 2.98. The van der Waals surface area contributed by atoms with Crippen LogP contribution in [-0.4, -0.2) is 36.9 Å². The maximum absolute atomic E-state index is 10.2. The molecule has 0 saturated carbocycles. The number of benzene rings is 1. The molecule has 3 nitrogen and oxygen atoms in total. The molecule has 112 valence electrons. The fraction of sp³-hybridized carbons (Fsp3) is 0.647. The average Bonchev–Trinajstić information content (AvgIpc) is 2.43. The number of hydrogen-bond acceptors (Lipinski definition) is 2. The Morgan fingerprint density at radius 3 is 2.90 bits per heavy atom. The molecule has 0 aliphatic carbocycles. The van der Waals surface area contributed by atoms with E-state index in [1.54, 1.807) is 0 Å². The largest absolute Gasteiger partial charge is 0.490 e. The summed E-state index contributed by atoms with van der Waals surface area (Å²) in [7, 11) is 0. The van der Waals surface area contributed by atoms with Crippen LogP contribution in [0.25, 0.3) is 0 Å². The minimum absolute atomic E-state index is 0.384. The molecule has 1 saturated heterocycles. The van der Waals surface area contributed by atoms with Gasteiger partial charge in [-0.15, -0.1) is 0 Å². The number of nitrogens with one attached hydrogen (secondary N) is 1. The van der Waals surface area contributed by atoms with Crippen LogP contribution in [0.3, 0.4) is 0 Å². The fourth-order valence-electron chi connectivity index (χ4n) is 2.98. The molecule has 1 aromatic rings. The Bertz CT molecular complexity index is 433. The van der Waals surface area contributed by atoms with E-state index in [-0.39, 0.29) is 6.10 Å². The summed E-state index contributed by atoms with van der Waals surface area (Å²) in [5, 5.41) is 10.2. The van der Waals surface area contributed by atoms with Crippen LogP contribution in [-0.2, 0) is 0 Å². The van der Waals surface area contributed by atoms with Gasteiger partial charge < -0.3 is 14.7 Å². The van der Waals surface area contributed by atoms with Gasteiger partial charge in [0.05, 0.1) is 12.6 Å². The molecule has 0 aromatic heterocycles. The van der Waals surface area contributed by atoms with E-state index in [1.807, 2.05) is 12.1 Å². The topological polar surface area (TPSA) is 33.9 Å². The third-order valence-electron chi connectivity index (χ3n) is 4.57. The molecule has 1 aliphatic rings. The molecule has 2 N–H and O–H groups in total. The standard InChI is InChI=1S/C17H27NO2/c1-13-7-6-9-17(15(13)3)20-12-16(19)11-18-10-5-4-8-14(18)2/h6-7,9,14,16,19H,4-5,8,10-12H2,1-3H3/p+1/t14-,16-/m1/s1. The Kier molecular flexibility index (Phi) is 5.44. The summed E-state index contributed by atoms with van der Waals surface area (Å²) in [6.45, 7) is 8.80. The summed E-state index contributed by atoms with van der Waals surface area (Å²) in [6.07, 6.45) is 3.51. The lowest BCUT2D eigenvalue weighted by molar-refractivity contribution is -0.931. The monoisotopic (exact) mass is 278 g/mol. The molecule has 1 unspecified atom stereocenters. The van der Waals surface area contributed by atoms with Gasteiger partial charge in [-0.2, -0.15) is 0 Å². The third kappa shape index (κ3) is 3.97. The maximum Gasteiger partial charge on any atom is 0.137 e. The molecular weight excluding hydrogens is 250 g/mol. The minimum Gasteiger partial charge on any atom is -0.490 e. The quantitative estimate of drug-likeness (QED) is 0.856. The Labute approximate surface area is 122 Å². The molecular formula is C17H28NO2+. The van der Waals surface area contributed by atoms with E-state index in [4.69, 9.17) is 4.74 Å². The number of piperidine rings is 1. The Morgan fingerprint density at radius 2 is 2.15 bits per heavy atom. The van der Waals surface area contributed by atoms with Gasteiger partial charge in [-0.3, -0.25) is 0 Å². The molecule has 0 amide bonds. The number of likely N-dealkylation sites (tertiary alicyclic amines) is 1. The second-order valence-corrected chi connectivity index (χ2v) is 6.17. The van der Waals surface area contributed by atoms with Gasteiger partial charge >= 0.3 is 0 Å². The molecule has 0 radical (unpaired) electrons. The van der Waals surface area contributed by atoms with Crippen molar-refractivity contribution in [2.75, 3.05) is 19.7 Å². The molecule has 20 heavy (non-hydrogen) atoms. The van der Waals surface area contributed by atoms with E-state index >= 15 is 0 Å². The lowest BCUT2D eigenvalue weighted by atomic mass is 10.0. The molecule has 3 heteroatoms. The van der Waals surface area contributed by atoms with E-state index in [2.05, 4.69) is 26.8 Å². The van der Waals surface area contributed by atoms with Crippen molar-refractivity contribution in [1.82, 2.24) is 0 Å². The molecule has 1 fully saturated rings. The van der Waals surface area contributed by atoms with Gasteiger partial charge in [0, 0.05) is 0 Å². The Balaban J connectivity index is 1.82. The van der Waals surface area contributed by atoms with E-state index in [9.17, 15) is 5.11 Å². The first-order valence-electron chi connectivity index (χ1n) is 7.79. The van der Waals surface area contributed by atoms with Gasteiger partial charge in [0.25, 0.3) is 0 Å². The van der Waals surface area contributed by atoms with E-state index in [1.165, 1.54) is 41.8 Å². The lowest BCUT2D eigenvalue weighted by Crippen LogP contribution is -3.17. The van der Waals surface area contributed by atoms with Crippen LogP contribution < -0.4 is 9.64 Å². The first-order valence-corrected chi connectivity index (χ1v) is 7.79. The normalized spacial score (nSPS) is 24.4. The van der Waals surface area contributed by atoms with Crippen molar-refractivity contribution in [1.29, 1.82) is 0 Å². The zero-order chi connectivity index (χ0) is 14.5. The molecule has 0 bridgehead atoms. The van der Waals surface area contributed by atoms with E-state index in [0.717, 1.165) is 12.3 Å². The number of aryl methyl sites for hydroxylation is 1. The van der Waals surface area contributed by atoms with Crippen LogP contribution in [0.4, 0.5) is 0 Å². The third-order valence-corrected chi connectivity index (χ3v) is 4.57. The Morgan fingerprint density at radius 1 is 1.35 bits per heavy atom. The second-order valence-electron chi connectivity index (χ2n) is 6.17. The summed E-state index contributed by atoms with van der Waals surface area (Å²) in [4.78, 5) is 1.52. The summed E-state index contributed by atoms with van der Waals surface area (Å²) < 4.78 is 5.79. The van der Waals surface area contributed by atoms with Crippen molar-refractivity contribution in [2.24, 2.45) is 0 Å². The van der Waals surface area contributed by atoms with Crippen molar-refractivity contribution >= 4 is 0 Å². The molecule has 3 atom stereocenters. The second kappa shape index (κ2) is 7.09. The number of aliphatic hydroxyl groups excluding tert-OH is 1. The summed E-state index contributed by atoms with van der Waals surface area (Å²) in [5.41, 5.74) is 2.39. The number of aliphatic hydroxyl groups is 1. The number of quaternary nitrogens is 1. The summed E-state index contributed by atoms with van der Waals surface area (Å²) >= 11 is 0. The first-order chi connectivity index (χ1) is 9.58. The van der Waals surface area contributed by atoms with Crippen LogP contribution in [0.5, 0.6) is 5.75 Å². The van der Waals surface area contributed by atoms with Crippen LogP contribution >= 0.6 is 0 Å². The van der Waals surface area contributed by atoms with E-state index in [0.29, 0.717) is 12.6 Å².